The summed E-state index contributed by atoms with van der Waals surface area (Å²) in [6.45, 7) is -0.776. The number of carboxylic acid groups (broad SMARTS) is 1. The number of alkyl halides is 3. The van der Waals surface area contributed by atoms with Crippen molar-refractivity contribution in [3.05, 3.63) is 35.4 Å². The van der Waals surface area contributed by atoms with Crippen LogP contribution in [0.15, 0.2) is 24.3 Å². The Balaban J connectivity index is 2.07. The number of aliphatic carboxylic acids is 1. The number of benzene rings is 1. The molecule has 144 valence electrons. The zero-order chi connectivity index (χ0) is 19.5. The molecule has 1 aromatic carbocycles. The van der Waals surface area contributed by atoms with Crippen LogP contribution in [0, 0.1) is 5.92 Å². The van der Waals surface area contributed by atoms with Crippen molar-refractivity contribution >= 4 is 21.7 Å². The van der Waals surface area contributed by atoms with Crippen LogP contribution in [0.1, 0.15) is 24.0 Å². The van der Waals surface area contributed by atoms with Gasteiger partial charge in [0.2, 0.25) is 5.91 Å². The zero-order valence-electron chi connectivity index (χ0n) is 13.7. The second-order valence-corrected chi connectivity index (χ2v) is 8.54. The highest BCUT2D eigenvalue weighted by Crippen LogP contribution is 2.29. The Morgan fingerprint density at radius 2 is 1.81 bits per heavy atom. The minimum atomic E-state index is -4.48. The van der Waals surface area contributed by atoms with Crippen molar-refractivity contribution in [2.24, 2.45) is 5.92 Å². The van der Waals surface area contributed by atoms with E-state index in [1.54, 1.807) is 0 Å². The highest BCUT2D eigenvalue weighted by Gasteiger charge is 2.32. The molecule has 1 amide bonds. The summed E-state index contributed by atoms with van der Waals surface area (Å²) in [5, 5.41) is 8.97. The van der Waals surface area contributed by atoms with E-state index in [-0.39, 0.29) is 30.4 Å². The topological polar surface area (TPSA) is 91.8 Å². The van der Waals surface area contributed by atoms with Gasteiger partial charge >= 0.3 is 12.1 Å². The molecule has 0 aromatic heterocycles. The molecule has 1 fully saturated rings. The Hall–Kier alpha value is -2.10. The van der Waals surface area contributed by atoms with E-state index in [1.807, 2.05) is 0 Å². The first kappa shape index (κ1) is 20.2. The molecule has 1 N–H and O–H groups in total. The lowest BCUT2D eigenvalue weighted by Crippen LogP contribution is -2.36. The lowest BCUT2D eigenvalue weighted by molar-refractivity contribution is -0.145. The summed E-state index contributed by atoms with van der Waals surface area (Å²) in [6.07, 6.45) is -4.24. The van der Waals surface area contributed by atoms with Crippen LogP contribution in [0.25, 0.3) is 0 Å². The predicted octanol–water partition coefficient (Wildman–Crippen LogP) is 1.94. The van der Waals surface area contributed by atoms with E-state index < -0.39 is 40.0 Å². The van der Waals surface area contributed by atoms with E-state index in [2.05, 4.69) is 0 Å². The lowest BCUT2D eigenvalue weighted by Gasteiger charge is -2.22. The van der Waals surface area contributed by atoms with Gasteiger partial charge in [0.25, 0.3) is 0 Å². The second-order valence-electron chi connectivity index (χ2n) is 6.31. The summed E-state index contributed by atoms with van der Waals surface area (Å²) in [4.78, 5) is 24.4. The van der Waals surface area contributed by atoms with Gasteiger partial charge in [-0.25, -0.2) is 8.42 Å². The third-order valence-electron chi connectivity index (χ3n) is 4.12. The van der Waals surface area contributed by atoms with Crippen molar-refractivity contribution < 1.29 is 36.3 Å². The van der Waals surface area contributed by atoms with E-state index in [0.717, 1.165) is 17.0 Å². The van der Waals surface area contributed by atoms with Crippen molar-refractivity contribution in [1.82, 2.24) is 4.90 Å². The van der Waals surface area contributed by atoms with Gasteiger partial charge < -0.3 is 10.0 Å². The molecule has 2 rings (SSSR count). The number of carbonyl (C=O) groups is 2. The molecule has 1 unspecified atom stereocenters. The number of amides is 1. The number of hydrogen-bond acceptors (Lipinski definition) is 4. The maximum Gasteiger partial charge on any atom is 0.416 e. The highest BCUT2D eigenvalue weighted by atomic mass is 32.2. The van der Waals surface area contributed by atoms with Crippen molar-refractivity contribution in [3.63, 3.8) is 0 Å². The number of carboxylic acids is 1. The minimum Gasteiger partial charge on any atom is -0.480 e. The molecular formula is C16H18F3NO5S. The van der Waals surface area contributed by atoms with Gasteiger partial charge in [0.1, 0.15) is 6.54 Å². The fraction of sp³-hybridized carbons (Fsp3) is 0.500. The molecule has 26 heavy (non-hydrogen) atoms. The van der Waals surface area contributed by atoms with Gasteiger partial charge in [-0.1, -0.05) is 12.1 Å². The van der Waals surface area contributed by atoms with E-state index >= 15 is 0 Å². The van der Waals surface area contributed by atoms with Crippen LogP contribution in [-0.4, -0.2) is 48.4 Å². The molecular weight excluding hydrogens is 375 g/mol. The molecule has 0 spiro atoms. The molecule has 10 heteroatoms. The molecule has 0 aliphatic carbocycles. The van der Waals surface area contributed by atoms with Gasteiger partial charge in [-0.3, -0.25) is 9.59 Å². The molecule has 0 radical (unpaired) electrons. The summed E-state index contributed by atoms with van der Waals surface area (Å²) >= 11 is 0. The molecule has 1 aliphatic rings. The first-order valence-corrected chi connectivity index (χ1v) is 9.64. The number of rotatable bonds is 6. The summed E-state index contributed by atoms with van der Waals surface area (Å²) < 4.78 is 60.7. The molecule has 1 atom stereocenters. The minimum absolute atomic E-state index is 0.00276. The summed E-state index contributed by atoms with van der Waals surface area (Å²) in [5.41, 5.74) is -0.486. The molecule has 1 heterocycles. The van der Waals surface area contributed by atoms with Crippen LogP contribution in [0.4, 0.5) is 13.2 Å². The Morgan fingerprint density at radius 1 is 1.19 bits per heavy atom. The van der Waals surface area contributed by atoms with E-state index in [1.165, 1.54) is 12.1 Å². The standard InChI is InChI=1S/C16H18F3NO5S/c17-16(18,19)13-3-1-11(2-4-13)8-20(9-15(22)23)14(21)7-12-5-6-26(24,25)10-12/h1-4,12H,5-10H2,(H,22,23). The molecule has 1 aliphatic heterocycles. The smallest absolute Gasteiger partial charge is 0.416 e. The maximum atomic E-state index is 12.6. The van der Waals surface area contributed by atoms with Crippen LogP contribution >= 0.6 is 0 Å². The van der Waals surface area contributed by atoms with Gasteiger partial charge in [-0.2, -0.15) is 13.2 Å². The quantitative estimate of drug-likeness (QED) is 0.798. The van der Waals surface area contributed by atoms with Gasteiger partial charge in [-0.05, 0) is 30.0 Å². The summed E-state index contributed by atoms with van der Waals surface area (Å²) in [5.74, 6) is -2.27. The molecule has 1 aromatic rings. The van der Waals surface area contributed by atoms with Gasteiger partial charge in [-0.15, -0.1) is 0 Å². The highest BCUT2D eigenvalue weighted by molar-refractivity contribution is 7.91. The van der Waals surface area contributed by atoms with Crippen LogP contribution in [0.3, 0.4) is 0 Å². The lowest BCUT2D eigenvalue weighted by atomic mass is 10.0. The molecule has 6 nitrogen and oxygen atoms in total. The maximum absolute atomic E-state index is 12.6. The third-order valence-corrected chi connectivity index (χ3v) is 5.96. The largest absolute Gasteiger partial charge is 0.480 e. The van der Waals surface area contributed by atoms with Crippen LogP contribution in [-0.2, 0) is 32.1 Å². The average molecular weight is 393 g/mol. The van der Waals surface area contributed by atoms with E-state index in [9.17, 15) is 31.2 Å². The second kappa shape index (κ2) is 7.65. The SMILES string of the molecule is O=C(O)CN(Cc1ccc(C(F)(F)F)cc1)C(=O)CC1CCS(=O)(=O)C1. The zero-order valence-corrected chi connectivity index (χ0v) is 14.5. The number of halogens is 3. The summed E-state index contributed by atoms with van der Waals surface area (Å²) in [6, 6.07) is 4.10. The number of nitrogens with zero attached hydrogens (tertiary/aromatic N) is 1. The monoisotopic (exact) mass is 393 g/mol. The predicted molar refractivity (Wildman–Crippen MR) is 85.9 cm³/mol. The van der Waals surface area contributed by atoms with Crippen molar-refractivity contribution in [3.8, 4) is 0 Å². The molecule has 0 saturated carbocycles. The van der Waals surface area contributed by atoms with E-state index in [0.29, 0.717) is 12.0 Å². The fourth-order valence-electron chi connectivity index (χ4n) is 2.82. The first-order valence-electron chi connectivity index (χ1n) is 7.82. The summed E-state index contributed by atoms with van der Waals surface area (Å²) in [7, 11) is -3.16. The van der Waals surface area contributed by atoms with E-state index in [4.69, 9.17) is 5.11 Å². The molecule has 0 bridgehead atoms. The number of carbonyl (C=O) groups excluding carboxylic acids is 1. The third kappa shape index (κ3) is 5.72. The molecule has 1 saturated heterocycles. The number of hydrogen-bond donors (Lipinski definition) is 1. The van der Waals surface area contributed by atoms with Crippen molar-refractivity contribution in [2.75, 3.05) is 18.1 Å². The number of sulfone groups is 1. The van der Waals surface area contributed by atoms with Gasteiger partial charge in [0.05, 0.1) is 17.1 Å². The fourth-order valence-corrected chi connectivity index (χ4v) is 4.69. The Morgan fingerprint density at radius 3 is 2.27 bits per heavy atom. The first-order chi connectivity index (χ1) is 12.0. The Bertz CT molecular complexity index is 774. The normalized spacial score (nSPS) is 19.3. The van der Waals surface area contributed by atoms with Crippen LogP contribution < -0.4 is 0 Å². The average Bonchev–Trinajstić information content (AvgIpc) is 2.84. The van der Waals surface area contributed by atoms with Crippen LogP contribution in [0.2, 0.25) is 0 Å². The Labute approximate surface area is 148 Å². The van der Waals surface area contributed by atoms with Crippen LogP contribution in [0.5, 0.6) is 0 Å². The van der Waals surface area contributed by atoms with Gasteiger partial charge in [0.15, 0.2) is 9.84 Å². The van der Waals surface area contributed by atoms with Crippen molar-refractivity contribution in [1.29, 1.82) is 0 Å². The van der Waals surface area contributed by atoms with Crippen molar-refractivity contribution in [2.45, 2.75) is 25.6 Å². The van der Waals surface area contributed by atoms with Gasteiger partial charge in [0, 0.05) is 13.0 Å². The Kier molecular flexibility index (Phi) is 5.94.